The SMILES string of the molecule is Cc1ccc(N(C)c2ccc3nc(Nc4cc(CCNCCN5CCOCC5)ccn4)sc3n2)cc1. The van der Waals surface area contributed by atoms with Crippen molar-refractivity contribution in [2.24, 2.45) is 0 Å². The van der Waals surface area contributed by atoms with Crippen molar-refractivity contribution in [3.8, 4) is 0 Å². The predicted octanol–water partition coefficient (Wildman–Crippen LogP) is 4.37. The fourth-order valence-corrected chi connectivity index (χ4v) is 5.02. The van der Waals surface area contributed by atoms with E-state index >= 15 is 0 Å². The molecule has 8 nitrogen and oxygen atoms in total. The third kappa shape index (κ3) is 6.36. The van der Waals surface area contributed by atoms with Crippen LogP contribution in [-0.4, -0.2) is 72.8 Å². The fourth-order valence-electron chi connectivity index (χ4n) is 4.18. The van der Waals surface area contributed by atoms with Gasteiger partial charge < -0.3 is 20.3 Å². The molecule has 0 amide bonds. The lowest BCUT2D eigenvalue weighted by Crippen LogP contribution is -2.40. The number of nitrogens with zero attached hydrogens (tertiary/aromatic N) is 5. The maximum atomic E-state index is 5.41. The van der Waals surface area contributed by atoms with Gasteiger partial charge in [0.25, 0.3) is 0 Å². The number of hydrogen-bond acceptors (Lipinski definition) is 9. The lowest BCUT2D eigenvalue weighted by Gasteiger charge is -2.26. The Hall–Kier alpha value is -3.11. The number of pyridine rings is 2. The molecule has 0 unspecified atom stereocenters. The third-order valence-electron chi connectivity index (χ3n) is 6.36. The van der Waals surface area contributed by atoms with E-state index in [-0.39, 0.29) is 0 Å². The average Bonchev–Trinajstić information content (AvgIpc) is 3.31. The first-order valence-electron chi connectivity index (χ1n) is 12.4. The molecule has 9 heteroatoms. The number of rotatable bonds is 10. The summed E-state index contributed by atoms with van der Waals surface area (Å²) in [4.78, 5) is 19.5. The first kappa shape index (κ1) is 24.6. The molecule has 5 rings (SSSR count). The smallest absolute Gasteiger partial charge is 0.190 e. The normalized spacial score (nSPS) is 14.3. The van der Waals surface area contributed by atoms with Crippen molar-refractivity contribution in [1.82, 2.24) is 25.2 Å². The summed E-state index contributed by atoms with van der Waals surface area (Å²) in [5.74, 6) is 1.69. The minimum Gasteiger partial charge on any atom is -0.379 e. The summed E-state index contributed by atoms with van der Waals surface area (Å²) in [5.41, 5.74) is 4.47. The van der Waals surface area contributed by atoms with E-state index in [0.717, 1.165) is 85.2 Å². The first-order valence-corrected chi connectivity index (χ1v) is 13.3. The lowest BCUT2D eigenvalue weighted by atomic mass is 10.2. The Balaban J connectivity index is 1.16. The molecule has 0 spiro atoms. The predicted molar refractivity (Wildman–Crippen MR) is 148 cm³/mol. The van der Waals surface area contributed by atoms with E-state index in [2.05, 4.69) is 68.7 Å². The van der Waals surface area contributed by atoms with E-state index in [1.165, 1.54) is 22.5 Å². The number of anilines is 4. The van der Waals surface area contributed by atoms with Gasteiger partial charge in [-0.25, -0.2) is 15.0 Å². The first-order chi connectivity index (χ1) is 17.6. The van der Waals surface area contributed by atoms with Crippen molar-refractivity contribution in [2.45, 2.75) is 13.3 Å². The van der Waals surface area contributed by atoms with Crippen LogP contribution in [0.1, 0.15) is 11.1 Å². The van der Waals surface area contributed by atoms with Gasteiger partial charge in [0.05, 0.1) is 13.2 Å². The largest absolute Gasteiger partial charge is 0.379 e. The quantitative estimate of drug-likeness (QED) is 0.309. The number of thiazole rings is 1. The molecular formula is C27H33N7OS. The van der Waals surface area contributed by atoms with Gasteiger partial charge in [0.2, 0.25) is 0 Å². The molecule has 0 atom stereocenters. The average molecular weight is 504 g/mol. The summed E-state index contributed by atoms with van der Waals surface area (Å²) in [5, 5.41) is 7.71. The Morgan fingerprint density at radius 3 is 2.69 bits per heavy atom. The second-order valence-corrected chi connectivity index (χ2v) is 10.0. The topological polar surface area (TPSA) is 78.4 Å². The molecule has 0 bridgehead atoms. The van der Waals surface area contributed by atoms with Crippen LogP contribution in [0.2, 0.25) is 0 Å². The van der Waals surface area contributed by atoms with Gasteiger partial charge >= 0.3 is 0 Å². The number of nitrogens with one attached hydrogen (secondary N) is 2. The lowest BCUT2D eigenvalue weighted by molar-refractivity contribution is 0.0385. The van der Waals surface area contributed by atoms with E-state index in [1.54, 1.807) is 0 Å². The van der Waals surface area contributed by atoms with Crippen LogP contribution in [-0.2, 0) is 11.2 Å². The second kappa shape index (κ2) is 11.7. The van der Waals surface area contributed by atoms with Crippen molar-refractivity contribution in [3.63, 3.8) is 0 Å². The molecule has 0 radical (unpaired) electrons. The number of fused-ring (bicyclic) bond motifs is 1. The molecule has 2 N–H and O–H groups in total. The third-order valence-corrected chi connectivity index (χ3v) is 7.24. The van der Waals surface area contributed by atoms with Crippen LogP contribution >= 0.6 is 11.3 Å². The van der Waals surface area contributed by atoms with Gasteiger partial charge in [-0.2, -0.15) is 0 Å². The van der Waals surface area contributed by atoms with Crippen molar-refractivity contribution in [1.29, 1.82) is 0 Å². The molecule has 1 saturated heterocycles. The van der Waals surface area contributed by atoms with Gasteiger partial charge in [-0.1, -0.05) is 29.0 Å². The van der Waals surface area contributed by atoms with Gasteiger partial charge in [-0.3, -0.25) is 4.90 Å². The molecule has 36 heavy (non-hydrogen) atoms. The Kier molecular flexibility index (Phi) is 8.02. The highest BCUT2D eigenvalue weighted by atomic mass is 32.1. The standard InChI is InChI=1S/C27H33N7OS/c1-20-3-5-22(6-4-20)33(2)25-8-7-23-26(32-25)36-27(30-23)31-24-19-21(10-12-29-24)9-11-28-13-14-34-15-17-35-18-16-34/h3-8,10,12,19,28H,9,11,13-18H2,1-2H3,(H,29,30,31). The Bertz CT molecular complexity index is 1270. The molecule has 188 valence electrons. The summed E-state index contributed by atoms with van der Waals surface area (Å²) in [6.45, 7) is 8.87. The Morgan fingerprint density at radius 1 is 1.03 bits per heavy atom. The monoisotopic (exact) mass is 503 g/mol. The van der Waals surface area contributed by atoms with Gasteiger partial charge in [0.1, 0.15) is 22.0 Å². The number of hydrogen-bond donors (Lipinski definition) is 2. The van der Waals surface area contributed by atoms with Crippen molar-refractivity contribution >= 4 is 44.1 Å². The van der Waals surface area contributed by atoms with E-state index in [1.807, 2.05) is 25.4 Å². The van der Waals surface area contributed by atoms with Crippen LogP contribution in [0.5, 0.6) is 0 Å². The number of aromatic nitrogens is 3. The van der Waals surface area contributed by atoms with Gasteiger partial charge in [0.15, 0.2) is 5.13 Å². The van der Waals surface area contributed by atoms with Crippen molar-refractivity contribution in [3.05, 3.63) is 65.9 Å². The van der Waals surface area contributed by atoms with E-state index in [4.69, 9.17) is 14.7 Å². The highest BCUT2D eigenvalue weighted by Gasteiger charge is 2.11. The Morgan fingerprint density at radius 2 is 1.86 bits per heavy atom. The Labute approximate surface area is 216 Å². The van der Waals surface area contributed by atoms with Crippen LogP contribution < -0.4 is 15.5 Å². The van der Waals surface area contributed by atoms with Gasteiger partial charge in [-0.05, 0) is 61.9 Å². The molecule has 0 aliphatic carbocycles. The van der Waals surface area contributed by atoms with Crippen LogP contribution in [0.25, 0.3) is 10.3 Å². The summed E-state index contributed by atoms with van der Waals surface area (Å²) in [7, 11) is 2.03. The summed E-state index contributed by atoms with van der Waals surface area (Å²) in [6, 6.07) is 16.6. The number of aryl methyl sites for hydroxylation is 1. The molecule has 1 aromatic carbocycles. The van der Waals surface area contributed by atoms with E-state index in [0.29, 0.717) is 0 Å². The number of ether oxygens (including phenoxy) is 1. The summed E-state index contributed by atoms with van der Waals surface area (Å²) < 4.78 is 5.41. The zero-order valence-electron chi connectivity index (χ0n) is 20.9. The molecule has 1 aliphatic heterocycles. The van der Waals surface area contributed by atoms with Crippen LogP contribution in [0, 0.1) is 6.92 Å². The van der Waals surface area contributed by atoms with Crippen LogP contribution in [0.15, 0.2) is 54.7 Å². The maximum absolute atomic E-state index is 5.41. The zero-order chi connectivity index (χ0) is 24.7. The van der Waals surface area contributed by atoms with E-state index < -0.39 is 0 Å². The number of benzene rings is 1. The van der Waals surface area contributed by atoms with E-state index in [9.17, 15) is 0 Å². The van der Waals surface area contributed by atoms with Crippen LogP contribution in [0.4, 0.5) is 22.5 Å². The highest BCUT2D eigenvalue weighted by molar-refractivity contribution is 7.21. The molecule has 4 aromatic rings. The summed E-state index contributed by atoms with van der Waals surface area (Å²) in [6.07, 6.45) is 2.81. The maximum Gasteiger partial charge on any atom is 0.190 e. The van der Waals surface area contributed by atoms with Crippen molar-refractivity contribution in [2.75, 3.05) is 63.2 Å². The highest BCUT2D eigenvalue weighted by Crippen LogP contribution is 2.30. The number of morpholine rings is 1. The molecule has 4 heterocycles. The van der Waals surface area contributed by atoms with Gasteiger partial charge in [-0.15, -0.1) is 0 Å². The molecule has 3 aromatic heterocycles. The summed E-state index contributed by atoms with van der Waals surface area (Å²) >= 11 is 1.54. The molecule has 1 aliphatic rings. The molecular weight excluding hydrogens is 470 g/mol. The van der Waals surface area contributed by atoms with Crippen molar-refractivity contribution < 1.29 is 4.74 Å². The fraction of sp³-hybridized carbons (Fsp3) is 0.370. The zero-order valence-corrected chi connectivity index (χ0v) is 21.7. The molecule has 0 saturated carbocycles. The van der Waals surface area contributed by atoms with Crippen LogP contribution in [0.3, 0.4) is 0 Å². The minimum atomic E-state index is 0.793. The second-order valence-electron chi connectivity index (χ2n) is 9.04. The molecule has 1 fully saturated rings. The minimum absolute atomic E-state index is 0.793. The van der Waals surface area contributed by atoms with Gasteiger partial charge in [0, 0.05) is 45.1 Å².